The van der Waals surface area contributed by atoms with E-state index < -0.39 is 0 Å². The summed E-state index contributed by atoms with van der Waals surface area (Å²) in [5.74, 6) is 0.799. The summed E-state index contributed by atoms with van der Waals surface area (Å²) < 4.78 is 5.51. The summed E-state index contributed by atoms with van der Waals surface area (Å²) >= 11 is 0. The molecule has 3 nitrogen and oxygen atoms in total. The van der Waals surface area contributed by atoms with Crippen LogP contribution in [-0.2, 0) is 4.79 Å². The van der Waals surface area contributed by atoms with Crippen molar-refractivity contribution >= 4 is 5.91 Å². The van der Waals surface area contributed by atoms with Gasteiger partial charge in [0.2, 0.25) is 5.91 Å². The minimum absolute atomic E-state index is 0.0313. The van der Waals surface area contributed by atoms with E-state index in [9.17, 15) is 4.79 Å². The van der Waals surface area contributed by atoms with Gasteiger partial charge in [-0.3, -0.25) is 4.79 Å². The molecule has 0 aliphatic rings. The minimum atomic E-state index is -0.0324. The average molecular weight is 207 g/mol. The van der Waals surface area contributed by atoms with Crippen molar-refractivity contribution in [2.45, 2.75) is 26.8 Å². The molecule has 0 heterocycles. The molecule has 0 spiro atoms. The lowest BCUT2D eigenvalue weighted by Crippen LogP contribution is -2.35. The molecule has 0 saturated carbocycles. The van der Waals surface area contributed by atoms with Crippen LogP contribution in [0.5, 0.6) is 5.75 Å². The Morgan fingerprint density at radius 1 is 1.40 bits per heavy atom. The molecule has 0 fully saturated rings. The zero-order valence-electron chi connectivity index (χ0n) is 9.41. The molecule has 15 heavy (non-hydrogen) atoms. The fourth-order valence-corrected chi connectivity index (χ4v) is 1.24. The fraction of sp³-hybridized carbons (Fsp3) is 0.417. The maximum absolute atomic E-state index is 10.7. The van der Waals surface area contributed by atoms with Gasteiger partial charge in [-0.1, -0.05) is 17.7 Å². The number of hydrogen-bond donors (Lipinski definition) is 1. The van der Waals surface area contributed by atoms with Crippen LogP contribution < -0.4 is 10.1 Å². The van der Waals surface area contributed by atoms with Crippen molar-refractivity contribution in [3.8, 4) is 5.75 Å². The van der Waals surface area contributed by atoms with Gasteiger partial charge >= 0.3 is 0 Å². The lowest BCUT2D eigenvalue weighted by Gasteiger charge is -2.13. The molecule has 0 radical (unpaired) electrons. The highest BCUT2D eigenvalue weighted by Gasteiger charge is 2.03. The van der Waals surface area contributed by atoms with Crippen LogP contribution in [0.2, 0.25) is 0 Å². The smallest absolute Gasteiger partial charge is 0.217 e. The first-order chi connectivity index (χ1) is 7.08. The molecule has 0 aromatic heterocycles. The topological polar surface area (TPSA) is 38.3 Å². The van der Waals surface area contributed by atoms with Gasteiger partial charge in [-0.25, -0.2) is 0 Å². The Morgan fingerprint density at radius 3 is 2.53 bits per heavy atom. The van der Waals surface area contributed by atoms with Crippen molar-refractivity contribution in [2.24, 2.45) is 0 Å². The Labute approximate surface area is 90.4 Å². The number of hydrogen-bond acceptors (Lipinski definition) is 2. The number of amides is 1. The highest BCUT2D eigenvalue weighted by molar-refractivity contribution is 5.73. The molecular formula is C12H17NO2. The number of carbonyl (C=O) groups excluding carboxylic acids is 1. The number of carbonyl (C=O) groups is 1. The fourth-order valence-electron chi connectivity index (χ4n) is 1.24. The van der Waals surface area contributed by atoms with Crippen LogP contribution in [0.15, 0.2) is 24.3 Å². The standard InChI is InChI=1S/C12H17NO2/c1-9-4-6-12(7-5-9)15-8-10(2)13-11(3)14/h4-7,10H,8H2,1-3H3,(H,13,14). The Morgan fingerprint density at radius 2 is 2.00 bits per heavy atom. The van der Waals surface area contributed by atoms with E-state index >= 15 is 0 Å². The van der Waals surface area contributed by atoms with Crippen molar-refractivity contribution < 1.29 is 9.53 Å². The number of aryl methyl sites for hydroxylation is 1. The zero-order valence-corrected chi connectivity index (χ0v) is 9.41. The molecular weight excluding hydrogens is 190 g/mol. The van der Waals surface area contributed by atoms with Crippen LogP contribution in [-0.4, -0.2) is 18.6 Å². The third-order valence-electron chi connectivity index (χ3n) is 1.97. The van der Waals surface area contributed by atoms with E-state index in [1.165, 1.54) is 12.5 Å². The van der Waals surface area contributed by atoms with E-state index in [2.05, 4.69) is 5.32 Å². The Hall–Kier alpha value is -1.51. The van der Waals surface area contributed by atoms with E-state index in [1.54, 1.807) is 0 Å². The molecule has 0 aliphatic heterocycles. The summed E-state index contributed by atoms with van der Waals surface area (Å²) in [7, 11) is 0. The molecule has 1 aromatic rings. The molecule has 82 valence electrons. The molecule has 1 unspecified atom stereocenters. The summed E-state index contributed by atoms with van der Waals surface area (Å²) in [5, 5.41) is 2.76. The summed E-state index contributed by atoms with van der Waals surface area (Å²) in [5.41, 5.74) is 1.21. The lowest BCUT2D eigenvalue weighted by atomic mass is 10.2. The van der Waals surface area contributed by atoms with Crippen molar-refractivity contribution in [1.82, 2.24) is 5.32 Å². The Kier molecular flexibility index (Phi) is 4.16. The van der Waals surface area contributed by atoms with Gasteiger partial charge in [-0.15, -0.1) is 0 Å². The van der Waals surface area contributed by atoms with Crippen molar-refractivity contribution in [3.05, 3.63) is 29.8 Å². The van der Waals surface area contributed by atoms with Crippen molar-refractivity contribution in [1.29, 1.82) is 0 Å². The van der Waals surface area contributed by atoms with Crippen LogP contribution in [0.1, 0.15) is 19.4 Å². The summed E-state index contributed by atoms with van der Waals surface area (Å²) in [4.78, 5) is 10.7. The normalized spacial score (nSPS) is 11.9. The summed E-state index contributed by atoms with van der Waals surface area (Å²) in [6, 6.07) is 7.88. The number of rotatable bonds is 4. The maximum atomic E-state index is 10.7. The molecule has 1 amide bonds. The quantitative estimate of drug-likeness (QED) is 0.819. The third-order valence-corrected chi connectivity index (χ3v) is 1.97. The highest BCUT2D eigenvalue weighted by atomic mass is 16.5. The summed E-state index contributed by atoms with van der Waals surface area (Å²) in [6.45, 7) is 5.93. The molecule has 1 atom stereocenters. The van der Waals surface area contributed by atoms with Gasteiger partial charge in [-0.05, 0) is 26.0 Å². The van der Waals surface area contributed by atoms with Gasteiger partial charge in [0.05, 0.1) is 6.04 Å². The highest BCUT2D eigenvalue weighted by Crippen LogP contribution is 2.11. The molecule has 0 bridgehead atoms. The van der Waals surface area contributed by atoms with Gasteiger partial charge in [0.25, 0.3) is 0 Å². The van der Waals surface area contributed by atoms with Gasteiger partial charge in [-0.2, -0.15) is 0 Å². The van der Waals surface area contributed by atoms with Crippen LogP contribution in [0.3, 0.4) is 0 Å². The number of benzene rings is 1. The average Bonchev–Trinajstić information content (AvgIpc) is 2.16. The van der Waals surface area contributed by atoms with E-state index in [-0.39, 0.29) is 11.9 Å². The van der Waals surface area contributed by atoms with E-state index in [0.29, 0.717) is 6.61 Å². The minimum Gasteiger partial charge on any atom is -0.491 e. The van der Waals surface area contributed by atoms with Gasteiger partial charge < -0.3 is 10.1 Å². The zero-order chi connectivity index (χ0) is 11.3. The molecule has 3 heteroatoms. The molecule has 0 saturated heterocycles. The first-order valence-electron chi connectivity index (χ1n) is 5.04. The van der Waals surface area contributed by atoms with E-state index in [4.69, 9.17) is 4.74 Å². The Balaban J connectivity index is 2.36. The van der Waals surface area contributed by atoms with Crippen LogP contribution in [0, 0.1) is 6.92 Å². The largest absolute Gasteiger partial charge is 0.491 e. The van der Waals surface area contributed by atoms with E-state index in [0.717, 1.165) is 5.75 Å². The van der Waals surface area contributed by atoms with Gasteiger partial charge in [0.1, 0.15) is 12.4 Å². The molecule has 1 rings (SSSR count). The number of nitrogens with one attached hydrogen (secondary N) is 1. The predicted molar refractivity (Wildman–Crippen MR) is 60.0 cm³/mol. The van der Waals surface area contributed by atoms with Crippen molar-refractivity contribution in [3.63, 3.8) is 0 Å². The SMILES string of the molecule is CC(=O)NC(C)COc1ccc(C)cc1. The third kappa shape index (κ3) is 4.49. The van der Waals surface area contributed by atoms with Crippen LogP contribution in [0.25, 0.3) is 0 Å². The second-order valence-electron chi connectivity index (χ2n) is 3.73. The van der Waals surface area contributed by atoms with E-state index in [1.807, 2.05) is 38.1 Å². The monoisotopic (exact) mass is 207 g/mol. The molecule has 1 N–H and O–H groups in total. The molecule has 0 aliphatic carbocycles. The lowest BCUT2D eigenvalue weighted by molar-refractivity contribution is -0.119. The second kappa shape index (κ2) is 5.39. The number of ether oxygens (including phenoxy) is 1. The van der Waals surface area contributed by atoms with Gasteiger partial charge in [0.15, 0.2) is 0 Å². The summed E-state index contributed by atoms with van der Waals surface area (Å²) in [6.07, 6.45) is 0. The Bertz CT molecular complexity index is 319. The van der Waals surface area contributed by atoms with Crippen LogP contribution >= 0.6 is 0 Å². The van der Waals surface area contributed by atoms with Crippen LogP contribution in [0.4, 0.5) is 0 Å². The maximum Gasteiger partial charge on any atom is 0.217 e. The first kappa shape index (κ1) is 11.6. The van der Waals surface area contributed by atoms with Gasteiger partial charge in [0, 0.05) is 6.92 Å². The predicted octanol–water partition coefficient (Wildman–Crippen LogP) is 1.90. The first-order valence-corrected chi connectivity index (χ1v) is 5.04. The molecule has 1 aromatic carbocycles. The second-order valence-corrected chi connectivity index (χ2v) is 3.73. The van der Waals surface area contributed by atoms with Crippen molar-refractivity contribution in [2.75, 3.05) is 6.61 Å².